The third kappa shape index (κ3) is 4.81. The first-order valence-electron chi connectivity index (χ1n) is 7.71. The molecule has 0 bridgehead atoms. The molecule has 1 aromatic heterocycles. The van der Waals surface area contributed by atoms with E-state index >= 15 is 0 Å². The SMILES string of the molecule is Cc1n[nH]c(C)c1CCN(C)C(=O)NCCc1ccc(F)cc1. The van der Waals surface area contributed by atoms with E-state index in [2.05, 4.69) is 15.5 Å². The first kappa shape index (κ1) is 17.0. The number of halogens is 1. The number of nitrogens with one attached hydrogen (secondary N) is 2. The highest BCUT2D eigenvalue weighted by Crippen LogP contribution is 2.10. The second kappa shape index (κ2) is 7.76. The van der Waals surface area contributed by atoms with Crippen molar-refractivity contribution in [2.24, 2.45) is 0 Å². The summed E-state index contributed by atoms with van der Waals surface area (Å²) in [5.74, 6) is -0.248. The van der Waals surface area contributed by atoms with Gasteiger partial charge in [-0.05, 0) is 49.9 Å². The Morgan fingerprint density at radius 2 is 1.96 bits per heavy atom. The molecule has 2 N–H and O–H groups in total. The Balaban J connectivity index is 1.73. The average molecular weight is 318 g/mol. The largest absolute Gasteiger partial charge is 0.338 e. The van der Waals surface area contributed by atoms with Gasteiger partial charge in [0.05, 0.1) is 5.69 Å². The van der Waals surface area contributed by atoms with E-state index in [1.54, 1.807) is 24.1 Å². The van der Waals surface area contributed by atoms with Gasteiger partial charge in [-0.25, -0.2) is 9.18 Å². The average Bonchev–Trinajstić information content (AvgIpc) is 2.85. The van der Waals surface area contributed by atoms with Crippen molar-refractivity contribution in [1.29, 1.82) is 0 Å². The maximum Gasteiger partial charge on any atom is 0.317 e. The van der Waals surface area contributed by atoms with Gasteiger partial charge in [0.1, 0.15) is 5.82 Å². The molecule has 124 valence electrons. The van der Waals surface area contributed by atoms with Gasteiger partial charge in [0.2, 0.25) is 0 Å². The predicted octanol–water partition coefficient (Wildman–Crippen LogP) is 2.59. The number of H-pyrrole nitrogens is 1. The minimum absolute atomic E-state index is 0.106. The summed E-state index contributed by atoms with van der Waals surface area (Å²) in [6, 6.07) is 6.22. The molecule has 5 nitrogen and oxygen atoms in total. The fraction of sp³-hybridized carbons (Fsp3) is 0.412. The number of aromatic nitrogens is 2. The van der Waals surface area contributed by atoms with Crippen molar-refractivity contribution in [1.82, 2.24) is 20.4 Å². The van der Waals surface area contributed by atoms with Gasteiger partial charge in [0.15, 0.2) is 0 Å². The van der Waals surface area contributed by atoms with Gasteiger partial charge < -0.3 is 10.2 Å². The Morgan fingerprint density at radius 3 is 2.57 bits per heavy atom. The Morgan fingerprint density at radius 1 is 1.26 bits per heavy atom. The first-order valence-corrected chi connectivity index (χ1v) is 7.71. The van der Waals surface area contributed by atoms with Gasteiger partial charge in [-0.1, -0.05) is 12.1 Å². The van der Waals surface area contributed by atoms with Crippen LogP contribution in [0, 0.1) is 19.7 Å². The molecule has 0 saturated heterocycles. The number of likely N-dealkylation sites (N-methyl/N-ethyl adjacent to an activating group) is 1. The molecular weight excluding hydrogens is 295 g/mol. The van der Waals surface area contributed by atoms with Crippen molar-refractivity contribution in [2.45, 2.75) is 26.7 Å². The molecule has 0 spiro atoms. The summed E-state index contributed by atoms with van der Waals surface area (Å²) in [6.45, 7) is 5.10. The highest BCUT2D eigenvalue weighted by molar-refractivity contribution is 5.73. The van der Waals surface area contributed by atoms with Crippen LogP contribution in [0.1, 0.15) is 22.5 Å². The van der Waals surface area contributed by atoms with Crippen LogP contribution < -0.4 is 5.32 Å². The number of carbonyl (C=O) groups excluding carboxylic acids is 1. The van der Waals surface area contributed by atoms with Gasteiger partial charge in [-0.2, -0.15) is 5.10 Å². The zero-order valence-corrected chi connectivity index (χ0v) is 13.8. The van der Waals surface area contributed by atoms with Crippen LogP contribution in [0.4, 0.5) is 9.18 Å². The molecule has 0 unspecified atom stereocenters. The fourth-order valence-corrected chi connectivity index (χ4v) is 2.42. The van der Waals surface area contributed by atoms with E-state index in [1.807, 2.05) is 13.8 Å². The van der Waals surface area contributed by atoms with E-state index in [0.717, 1.165) is 28.9 Å². The monoisotopic (exact) mass is 318 g/mol. The van der Waals surface area contributed by atoms with Crippen LogP contribution in [-0.4, -0.2) is 41.3 Å². The Bertz CT molecular complexity index is 632. The smallest absolute Gasteiger partial charge is 0.317 e. The summed E-state index contributed by atoms with van der Waals surface area (Å²) in [5, 5.41) is 9.98. The number of benzene rings is 1. The highest BCUT2D eigenvalue weighted by Gasteiger charge is 2.11. The molecule has 0 aliphatic rings. The molecule has 1 heterocycles. The minimum Gasteiger partial charge on any atom is -0.338 e. The predicted molar refractivity (Wildman–Crippen MR) is 87.9 cm³/mol. The van der Waals surface area contributed by atoms with Crippen molar-refractivity contribution in [3.05, 3.63) is 52.6 Å². The number of rotatable bonds is 6. The lowest BCUT2D eigenvalue weighted by molar-refractivity contribution is 0.209. The molecule has 1 aromatic carbocycles. The normalized spacial score (nSPS) is 10.6. The topological polar surface area (TPSA) is 61.0 Å². The van der Waals surface area contributed by atoms with Gasteiger partial charge in [0, 0.05) is 25.8 Å². The molecule has 0 aliphatic carbocycles. The van der Waals surface area contributed by atoms with Crippen LogP contribution >= 0.6 is 0 Å². The van der Waals surface area contributed by atoms with E-state index in [-0.39, 0.29) is 11.8 Å². The van der Waals surface area contributed by atoms with Crippen LogP contribution in [0.15, 0.2) is 24.3 Å². The lowest BCUT2D eigenvalue weighted by Crippen LogP contribution is -2.39. The molecule has 0 saturated carbocycles. The first-order chi connectivity index (χ1) is 11.0. The number of aromatic amines is 1. The van der Waals surface area contributed by atoms with Crippen LogP contribution in [0.3, 0.4) is 0 Å². The molecule has 0 atom stereocenters. The number of aryl methyl sites for hydroxylation is 2. The zero-order valence-electron chi connectivity index (χ0n) is 13.8. The number of amides is 2. The lowest BCUT2D eigenvalue weighted by Gasteiger charge is -2.18. The Labute approximate surface area is 135 Å². The van der Waals surface area contributed by atoms with Gasteiger partial charge >= 0.3 is 6.03 Å². The van der Waals surface area contributed by atoms with E-state index in [9.17, 15) is 9.18 Å². The summed E-state index contributed by atoms with van der Waals surface area (Å²) in [4.78, 5) is 13.7. The van der Waals surface area contributed by atoms with Crippen molar-refractivity contribution in [3.8, 4) is 0 Å². The maximum absolute atomic E-state index is 12.8. The summed E-state index contributed by atoms with van der Waals surface area (Å²) in [6.07, 6.45) is 1.45. The molecule has 0 fully saturated rings. The third-order valence-electron chi connectivity index (χ3n) is 3.93. The van der Waals surface area contributed by atoms with E-state index in [1.165, 1.54) is 12.1 Å². The molecular formula is C17H23FN4O. The van der Waals surface area contributed by atoms with Crippen molar-refractivity contribution in [2.75, 3.05) is 20.1 Å². The second-order valence-corrected chi connectivity index (χ2v) is 5.69. The third-order valence-corrected chi connectivity index (χ3v) is 3.93. The number of nitrogens with zero attached hydrogens (tertiary/aromatic N) is 2. The van der Waals surface area contributed by atoms with Crippen LogP contribution in [0.25, 0.3) is 0 Å². The van der Waals surface area contributed by atoms with Gasteiger partial charge in [-0.15, -0.1) is 0 Å². The van der Waals surface area contributed by atoms with Crippen molar-refractivity contribution in [3.63, 3.8) is 0 Å². The molecule has 0 aliphatic heterocycles. The minimum atomic E-state index is -0.248. The van der Waals surface area contributed by atoms with Crippen LogP contribution in [-0.2, 0) is 12.8 Å². The van der Waals surface area contributed by atoms with E-state index in [0.29, 0.717) is 19.5 Å². The summed E-state index contributed by atoms with van der Waals surface area (Å²) < 4.78 is 12.8. The highest BCUT2D eigenvalue weighted by atomic mass is 19.1. The maximum atomic E-state index is 12.8. The number of urea groups is 1. The van der Waals surface area contributed by atoms with E-state index in [4.69, 9.17) is 0 Å². The summed E-state index contributed by atoms with van der Waals surface area (Å²) in [5.41, 5.74) is 4.19. The zero-order chi connectivity index (χ0) is 16.8. The summed E-state index contributed by atoms with van der Waals surface area (Å²) in [7, 11) is 1.78. The molecule has 0 radical (unpaired) electrons. The summed E-state index contributed by atoms with van der Waals surface area (Å²) >= 11 is 0. The molecule has 6 heteroatoms. The molecule has 2 amide bonds. The molecule has 23 heavy (non-hydrogen) atoms. The van der Waals surface area contributed by atoms with E-state index < -0.39 is 0 Å². The number of carbonyl (C=O) groups is 1. The Kier molecular flexibility index (Phi) is 5.73. The molecule has 2 rings (SSSR count). The van der Waals surface area contributed by atoms with Crippen molar-refractivity contribution >= 4 is 6.03 Å². The fourth-order valence-electron chi connectivity index (χ4n) is 2.42. The van der Waals surface area contributed by atoms with Gasteiger partial charge in [-0.3, -0.25) is 5.10 Å². The standard InChI is InChI=1S/C17H23FN4O/c1-12-16(13(2)21-20-12)9-11-22(3)17(23)19-10-8-14-4-6-15(18)7-5-14/h4-7H,8-11H2,1-3H3,(H,19,23)(H,20,21). The van der Waals surface area contributed by atoms with Gasteiger partial charge in [0.25, 0.3) is 0 Å². The number of hydrogen-bond donors (Lipinski definition) is 2. The quantitative estimate of drug-likeness (QED) is 0.860. The molecule has 2 aromatic rings. The van der Waals surface area contributed by atoms with Crippen molar-refractivity contribution < 1.29 is 9.18 Å². The second-order valence-electron chi connectivity index (χ2n) is 5.69. The Hall–Kier alpha value is -2.37. The van der Waals surface area contributed by atoms with Crippen LogP contribution in [0.5, 0.6) is 0 Å². The lowest BCUT2D eigenvalue weighted by atomic mass is 10.1. The van der Waals surface area contributed by atoms with Crippen LogP contribution in [0.2, 0.25) is 0 Å². The number of hydrogen-bond acceptors (Lipinski definition) is 2.